The summed E-state index contributed by atoms with van der Waals surface area (Å²) in [5.41, 5.74) is 4.22. The minimum atomic E-state index is -0.0912. The topological polar surface area (TPSA) is 69.0 Å². The average molecular weight is 558 g/mol. The number of thioether (sulfide) groups is 1. The summed E-state index contributed by atoms with van der Waals surface area (Å²) in [6.07, 6.45) is 1.79. The van der Waals surface area contributed by atoms with E-state index in [0.717, 1.165) is 32.6 Å². The molecule has 0 aliphatic carbocycles. The fraction of sp³-hybridized carbons (Fsp3) is 0.370. The number of aryl methyl sites for hydroxylation is 1. The van der Waals surface area contributed by atoms with Gasteiger partial charge in [-0.1, -0.05) is 73.6 Å². The zero-order chi connectivity index (χ0) is 25.5. The number of hydrogen-bond donors (Lipinski definition) is 1. The van der Waals surface area contributed by atoms with Gasteiger partial charge in [-0.3, -0.25) is 9.36 Å². The van der Waals surface area contributed by atoms with E-state index in [1.165, 1.54) is 11.8 Å². The first kappa shape index (κ1) is 27.0. The fourth-order valence-electron chi connectivity index (χ4n) is 3.67. The van der Waals surface area contributed by atoms with Crippen LogP contribution in [0, 0.1) is 6.92 Å². The van der Waals surface area contributed by atoms with Crippen LogP contribution in [0.25, 0.3) is 0 Å². The number of halogens is 1. The Morgan fingerprint density at radius 1 is 1.14 bits per heavy atom. The molecule has 0 unspecified atom stereocenters. The highest BCUT2D eigenvalue weighted by Crippen LogP contribution is 2.30. The maximum Gasteiger partial charge on any atom is 0.234 e. The lowest BCUT2D eigenvalue weighted by Crippen LogP contribution is -2.16. The van der Waals surface area contributed by atoms with Crippen molar-refractivity contribution in [2.24, 2.45) is 0 Å². The van der Waals surface area contributed by atoms with Crippen LogP contribution in [0.15, 0.2) is 58.7 Å². The molecule has 8 heteroatoms. The second-order valence-electron chi connectivity index (χ2n) is 9.01. The number of ether oxygens (including phenoxy) is 1. The number of nitrogens with one attached hydrogen (secondary N) is 1. The SMILES string of the molecule is C=CCn1c(COc2cc(C)ccc2C(C)C)nnc1SCC(=O)Nc1ccc(Br)cc1C(C)C. The summed E-state index contributed by atoms with van der Waals surface area (Å²) in [4.78, 5) is 12.7. The fourth-order valence-corrected chi connectivity index (χ4v) is 4.82. The van der Waals surface area contributed by atoms with Crippen molar-refractivity contribution in [2.45, 2.75) is 64.8 Å². The third-order valence-electron chi connectivity index (χ3n) is 5.50. The number of carbonyl (C=O) groups excluding carboxylic acids is 1. The minimum Gasteiger partial charge on any atom is -0.485 e. The molecule has 3 aromatic rings. The van der Waals surface area contributed by atoms with E-state index in [0.29, 0.717) is 29.4 Å². The summed E-state index contributed by atoms with van der Waals surface area (Å²) in [5.74, 6) is 2.32. The van der Waals surface area contributed by atoms with Gasteiger partial charge in [0.25, 0.3) is 0 Å². The molecule has 0 radical (unpaired) electrons. The summed E-state index contributed by atoms with van der Waals surface area (Å²) in [5, 5.41) is 12.4. The van der Waals surface area contributed by atoms with Crippen molar-refractivity contribution in [1.82, 2.24) is 14.8 Å². The van der Waals surface area contributed by atoms with Crippen LogP contribution in [0.3, 0.4) is 0 Å². The Kier molecular flexibility index (Phi) is 9.57. The Balaban J connectivity index is 1.69. The average Bonchev–Trinajstić information content (AvgIpc) is 3.19. The van der Waals surface area contributed by atoms with Crippen LogP contribution in [-0.2, 0) is 17.9 Å². The summed E-state index contributed by atoms with van der Waals surface area (Å²) in [6.45, 7) is 15.2. The number of benzene rings is 2. The number of hydrogen-bond acceptors (Lipinski definition) is 5. The molecule has 6 nitrogen and oxygen atoms in total. The first-order chi connectivity index (χ1) is 16.7. The highest BCUT2D eigenvalue weighted by molar-refractivity contribution is 9.10. The van der Waals surface area contributed by atoms with Gasteiger partial charge in [0.15, 0.2) is 11.0 Å². The molecule has 0 saturated heterocycles. The molecule has 0 saturated carbocycles. The predicted octanol–water partition coefficient (Wildman–Crippen LogP) is 7.09. The van der Waals surface area contributed by atoms with Gasteiger partial charge in [0.05, 0.1) is 5.75 Å². The van der Waals surface area contributed by atoms with E-state index in [1.54, 1.807) is 6.08 Å². The van der Waals surface area contributed by atoms with Crippen LogP contribution in [0.1, 0.15) is 62.0 Å². The van der Waals surface area contributed by atoms with Crippen LogP contribution in [-0.4, -0.2) is 26.4 Å². The van der Waals surface area contributed by atoms with Gasteiger partial charge >= 0.3 is 0 Å². The van der Waals surface area contributed by atoms with Gasteiger partial charge in [0.1, 0.15) is 12.4 Å². The molecule has 0 fully saturated rings. The highest BCUT2D eigenvalue weighted by Gasteiger charge is 2.17. The monoisotopic (exact) mass is 556 g/mol. The van der Waals surface area contributed by atoms with Crippen LogP contribution >= 0.6 is 27.7 Å². The van der Waals surface area contributed by atoms with Crippen LogP contribution in [0.4, 0.5) is 5.69 Å². The number of aromatic nitrogens is 3. The van der Waals surface area contributed by atoms with E-state index in [1.807, 2.05) is 22.8 Å². The van der Waals surface area contributed by atoms with Gasteiger partial charge < -0.3 is 10.1 Å². The molecule has 0 atom stereocenters. The van der Waals surface area contributed by atoms with Crippen molar-refractivity contribution >= 4 is 39.3 Å². The molecular formula is C27H33BrN4O2S. The normalized spacial score (nSPS) is 11.2. The number of anilines is 1. The van der Waals surface area contributed by atoms with Gasteiger partial charge in [-0.25, -0.2) is 0 Å². The quantitative estimate of drug-likeness (QED) is 0.201. The second kappa shape index (κ2) is 12.4. The molecular weight excluding hydrogens is 524 g/mol. The molecule has 2 aromatic carbocycles. The summed E-state index contributed by atoms with van der Waals surface area (Å²) in [6, 6.07) is 12.2. The lowest BCUT2D eigenvalue weighted by Gasteiger charge is -2.15. The van der Waals surface area contributed by atoms with Crippen LogP contribution in [0.5, 0.6) is 5.75 Å². The van der Waals surface area contributed by atoms with Crippen molar-refractivity contribution in [2.75, 3.05) is 11.1 Å². The Morgan fingerprint density at radius 2 is 1.89 bits per heavy atom. The van der Waals surface area contributed by atoms with Crippen molar-refractivity contribution in [3.8, 4) is 5.75 Å². The third kappa shape index (κ3) is 7.21. The molecule has 0 spiro atoms. The van der Waals surface area contributed by atoms with E-state index >= 15 is 0 Å². The molecule has 1 heterocycles. The van der Waals surface area contributed by atoms with Gasteiger partial charge in [-0.2, -0.15) is 0 Å². The molecule has 1 N–H and O–H groups in total. The zero-order valence-corrected chi connectivity index (χ0v) is 23.4. The molecule has 1 aromatic heterocycles. The molecule has 0 bridgehead atoms. The van der Waals surface area contributed by atoms with Crippen LogP contribution < -0.4 is 10.1 Å². The highest BCUT2D eigenvalue weighted by atomic mass is 79.9. The molecule has 0 aliphatic rings. The van der Waals surface area contributed by atoms with Gasteiger partial charge in [-0.05, 0) is 59.7 Å². The van der Waals surface area contributed by atoms with Gasteiger partial charge in [0.2, 0.25) is 5.91 Å². The zero-order valence-electron chi connectivity index (χ0n) is 21.0. The molecule has 35 heavy (non-hydrogen) atoms. The van der Waals surface area contributed by atoms with E-state index in [2.05, 4.69) is 90.8 Å². The second-order valence-corrected chi connectivity index (χ2v) is 10.9. The number of rotatable bonds is 11. The number of amides is 1. The largest absolute Gasteiger partial charge is 0.485 e. The Bertz CT molecular complexity index is 1190. The Hall–Kier alpha value is -2.58. The molecule has 0 aliphatic heterocycles. The Labute approximate surface area is 220 Å². The lowest BCUT2D eigenvalue weighted by atomic mass is 10.0. The first-order valence-corrected chi connectivity index (χ1v) is 13.5. The summed E-state index contributed by atoms with van der Waals surface area (Å²) in [7, 11) is 0. The molecule has 186 valence electrons. The van der Waals surface area contributed by atoms with Gasteiger partial charge in [-0.15, -0.1) is 16.8 Å². The van der Waals surface area contributed by atoms with Crippen molar-refractivity contribution in [1.29, 1.82) is 0 Å². The standard InChI is InChI=1S/C27H33BrN4O2S/c1-7-12-32-25(15-34-24-13-19(6)8-10-21(24)17(2)3)30-31-27(32)35-16-26(33)29-23-11-9-20(28)14-22(23)18(4)5/h7-11,13-14,17-18H,1,12,15-16H2,2-6H3,(H,29,33). The molecule has 1 amide bonds. The Morgan fingerprint density at radius 3 is 2.57 bits per heavy atom. The van der Waals surface area contributed by atoms with Gasteiger partial charge in [0, 0.05) is 16.7 Å². The summed E-state index contributed by atoms with van der Waals surface area (Å²) >= 11 is 4.86. The van der Waals surface area contributed by atoms with E-state index in [-0.39, 0.29) is 18.3 Å². The predicted molar refractivity (Wildman–Crippen MR) is 147 cm³/mol. The number of allylic oxidation sites excluding steroid dienone is 1. The van der Waals surface area contributed by atoms with Crippen molar-refractivity contribution < 1.29 is 9.53 Å². The van der Waals surface area contributed by atoms with Crippen molar-refractivity contribution in [3.05, 3.63) is 76.0 Å². The first-order valence-electron chi connectivity index (χ1n) is 11.7. The van der Waals surface area contributed by atoms with E-state index in [9.17, 15) is 4.79 Å². The van der Waals surface area contributed by atoms with Crippen molar-refractivity contribution in [3.63, 3.8) is 0 Å². The van der Waals surface area contributed by atoms with E-state index < -0.39 is 0 Å². The smallest absolute Gasteiger partial charge is 0.234 e. The third-order valence-corrected chi connectivity index (χ3v) is 6.96. The number of nitrogens with zero attached hydrogens (tertiary/aromatic N) is 3. The summed E-state index contributed by atoms with van der Waals surface area (Å²) < 4.78 is 9.10. The minimum absolute atomic E-state index is 0.0912. The maximum atomic E-state index is 12.7. The molecule has 3 rings (SSSR count). The lowest BCUT2D eigenvalue weighted by molar-refractivity contribution is -0.113. The van der Waals surface area contributed by atoms with E-state index in [4.69, 9.17) is 4.74 Å². The number of carbonyl (C=O) groups is 1. The maximum absolute atomic E-state index is 12.7. The van der Waals surface area contributed by atoms with Crippen LogP contribution in [0.2, 0.25) is 0 Å².